The SMILES string of the molecule is N/C(=N/O)c1ccnc(N2CCC(OCCO)CC2)c1. The molecule has 0 aliphatic carbocycles. The first kappa shape index (κ1) is 14.5. The van der Waals surface area contributed by atoms with Crippen LogP contribution < -0.4 is 10.6 Å². The molecule has 7 heteroatoms. The number of anilines is 1. The van der Waals surface area contributed by atoms with Gasteiger partial charge in [-0.3, -0.25) is 0 Å². The van der Waals surface area contributed by atoms with E-state index in [1.807, 2.05) is 6.07 Å². The van der Waals surface area contributed by atoms with E-state index in [4.69, 9.17) is 20.8 Å². The van der Waals surface area contributed by atoms with Gasteiger partial charge in [0.05, 0.1) is 19.3 Å². The Morgan fingerprint density at radius 1 is 1.50 bits per heavy atom. The number of amidine groups is 1. The number of aliphatic hydroxyl groups is 1. The number of nitrogens with zero attached hydrogens (tertiary/aromatic N) is 3. The van der Waals surface area contributed by atoms with Gasteiger partial charge >= 0.3 is 0 Å². The van der Waals surface area contributed by atoms with Gasteiger partial charge in [0.15, 0.2) is 5.84 Å². The van der Waals surface area contributed by atoms with Crippen molar-refractivity contribution in [2.24, 2.45) is 10.9 Å². The van der Waals surface area contributed by atoms with Crippen molar-refractivity contribution >= 4 is 11.7 Å². The Balaban J connectivity index is 1.97. The van der Waals surface area contributed by atoms with Crippen LogP contribution in [0.15, 0.2) is 23.5 Å². The second kappa shape index (κ2) is 7.06. The normalized spacial score (nSPS) is 17.4. The van der Waals surface area contributed by atoms with E-state index >= 15 is 0 Å². The minimum atomic E-state index is 0.0591. The van der Waals surface area contributed by atoms with Crippen LogP contribution in [0.3, 0.4) is 0 Å². The van der Waals surface area contributed by atoms with Gasteiger partial charge in [-0.25, -0.2) is 4.98 Å². The summed E-state index contributed by atoms with van der Waals surface area (Å²) >= 11 is 0. The Morgan fingerprint density at radius 2 is 2.25 bits per heavy atom. The maximum absolute atomic E-state index is 8.74. The summed E-state index contributed by atoms with van der Waals surface area (Å²) < 4.78 is 5.53. The number of aromatic nitrogens is 1. The molecule has 0 amide bonds. The van der Waals surface area contributed by atoms with Gasteiger partial charge in [-0.1, -0.05) is 5.16 Å². The Morgan fingerprint density at radius 3 is 2.90 bits per heavy atom. The molecule has 0 spiro atoms. The summed E-state index contributed by atoms with van der Waals surface area (Å²) in [7, 11) is 0. The molecule has 0 radical (unpaired) electrons. The van der Waals surface area contributed by atoms with Crippen LogP contribution in [0.25, 0.3) is 0 Å². The van der Waals surface area contributed by atoms with Gasteiger partial charge in [0, 0.05) is 24.8 Å². The maximum atomic E-state index is 8.74. The lowest BCUT2D eigenvalue weighted by Crippen LogP contribution is -2.38. The van der Waals surface area contributed by atoms with Crippen LogP contribution in [0.2, 0.25) is 0 Å². The molecule has 1 aliphatic rings. The van der Waals surface area contributed by atoms with E-state index in [-0.39, 0.29) is 18.5 Å². The van der Waals surface area contributed by atoms with E-state index in [0.717, 1.165) is 31.7 Å². The van der Waals surface area contributed by atoms with Crippen molar-refractivity contribution in [1.82, 2.24) is 4.98 Å². The number of oxime groups is 1. The number of hydrogen-bond acceptors (Lipinski definition) is 6. The van der Waals surface area contributed by atoms with Gasteiger partial charge in [0.25, 0.3) is 0 Å². The van der Waals surface area contributed by atoms with Crippen LogP contribution in [-0.4, -0.2) is 53.5 Å². The van der Waals surface area contributed by atoms with Crippen molar-refractivity contribution in [3.8, 4) is 0 Å². The molecule has 4 N–H and O–H groups in total. The molecular formula is C13H20N4O3. The molecule has 7 nitrogen and oxygen atoms in total. The molecule has 1 fully saturated rings. The number of piperidine rings is 1. The summed E-state index contributed by atoms with van der Waals surface area (Å²) in [5.41, 5.74) is 6.23. The van der Waals surface area contributed by atoms with Gasteiger partial charge in [-0.2, -0.15) is 0 Å². The standard InChI is InChI=1S/C13H20N4O3/c14-13(16-19)10-1-4-15-12(9-10)17-5-2-11(3-6-17)20-8-7-18/h1,4,9,11,18-19H,2-3,5-8H2,(H2,14,16). The van der Waals surface area contributed by atoms with Crippen LogP contribution in [-0.2, 0) is 4.74 Å². The lowest BCUT2D eigenvalue weighted by molar-refractivity contribution is 0.0158. The van der Waals surface area contributed by atoms with Crippen molar-refractivity contribution < 1.29 is 15.1 Å². The monoisotopic (exact) mass is 280 g/mol. The molecule has 0 unspecified atom stereocenters. The van der Waals surface area contributed by atoms with Crippen molar-refractivity contribution in [3.05, 3.63) is 23.9 Å². The maximum Gasteiger partial charge on any atom is 0.170 e. The van der Waals surface area contributed by atoms with Gasteiger partial charge in [0.1, 0.15) is 5.82 Å². The number of rotatable bonds is 5. The van der Waals surface area contributed by atoms with Crippen LogP contribution in [0.1, 0.15) is 18.4 Å². The van der Waals surface area contributed by atoms with Crippen molar-refractivity contribution in [3.63, 3.8) is 0 Å². The van der Waals surface area contributed by atoms with Gasteiger partial charge < -0.3 is 25.7 Å². The summed E-state index contributed by atoms with van der Waals surface area (Å²) in [6.07, 6.45) is 3.65. The zero-order valence-corrected chi connectivity index (χ0v) is 11.3. The third-order valence-electron chi connectivity index (χ3n) is 3.36. The van der Waals surface area contributed by atoms with E-state index in [9.17, 15) is 0 Å². The second-order valence-electron chi connectivity index (χ2n) is 4.67. The van der Waals surface area contributed by atoms with E-state index < -0.39 is 0 Å². The average Bonchev–Trinajstić information content (AvgIpc) is 2.52. The number of nitrogens with two attached hydrogens (primary N) is 1. The van der Waals surface area contributed by atoms with Gasteiger partial charge in [-0.05, 0) is 25.0 Å². The fourth-order valence-corrected chi connectivity index (χ4v) is 2.28. The molecule has 0 bridgehead atoms. The number of aliphatic hydroxyl groups excluding tert-OH is 1. The highest BCUT2D eigenvalue weighted by Gasteiger charge is 2.20. The number of pyridine rings is 1. The quantitative estimate of drug-likeness (QED) is 0.307. The van der Waals surface area contributed by atoms with Crippen LogP contribution in [0.5, 0.6) is 0 Å². The molecular weight excluding hydrogens is 260 g/mol. The number of hydrogen-bond donors (Lipinski definition) is 3. The topological polar surface area (TPSA) is 104 Å². The molecule has 2 heterocycles. The minimum absolute atomic E-state index is 0.0591. The summed E-state index contributed by atoms with van der Waals surface area (Å²) in [5, 5.41) is 20.4. The van der Waals surface area contributed by atoms with Gasteiger partial charge in [0.2, 0.25) is 0 Å². The lowest BCUT2D eigenvalue weighted by Gasteiger charge is -2.32. The zero-order valence-electron chi connectivity index (χ0n) is 11.3. The molecule has 0 atom stereocenters. The second-order valence-corrected chi connectivity index (χ2v) is 4.67. The highest BCUT2D eigenvalue weighted by molar-refractivity contribution is 5.97. The molecule has 0 saturated carbocycles. The summed E-state index contributed by atoms with van der Waals surface area (Å²) in [6.45, 7) is 2.12. The van der Waals surface area contributed by atoms with Crippen molar-refractivity contribution in [2.45, 2.75) is 18.9 Å². The highest BCUT2D eigenvalue weighted by atomic mass is 16.5. The molecule has 0 aromatic carbocycles. The fourth-order valence-electron chi connectivity index (χ4n) is 2.28. The minimum Gasteiger partial charge on any atom is -0.409 e. The predicted octanol–water partition coefficient (Wildman–Crippen LogP) is 0.154. The van der Waals surface area contributed by atoms with Crippen molar-refractivity contribution in [2.75, 3.05) is 31.2 Å². The Labute approximate surface area is 117 Å². The third kappa shape index (κ3) is 3.58. The van der Waals surface area contributed by atoms with Crippen LogP contribution in [0.4, 0.5) is 5.82 Å². The molecule has 20 heavy (non-hydrogen) atoms. The van der Waals surface area contributed by atoms with E-state index in [2.05, 4.69) is 15.0 Å². The third-order valence-corrected chi connectivity index (χ3v) is 3.36. The Kier molecular flexibility index (Phi) is 5.14. The zero-order chi connectivity index (χ0) is 14.4. The molecule has 110 valence electrons. The largest absolute Gasteiger partial charge is 0.409 e. The fraction of sp³-hybridized carbons (Fsp3) is 0.538. The molecule has 1 saturated heterocycles. The van der Waals surface area contributed by atoms with E-state index in [1.165, 1.54) is 0 Å². The first-order chi connectivity index (χ1) is 9.74. The van der Waals surface area contributed by atoms with E-state index in [0.29, 0.717) is 12.2 Å². The van der Waals surface area contributed by atoms with Crippen molar-refractivity contribution in [1.29, 1.82) is 0 Å². The average molecular weight is 280 g/mol. The van der Waals surface area contributed by atoms with E-state index in [1.54, 1.807) is 12.3 Å². The first-order valence-corrected chi connectivity index (χ1v) is 6.66. The summed E-state index contributed by atoms with van der Waals surface area (Å²) in [6, 6.07) is 3.51. The van der Waals surface area contributed by atoms with Crippen LogP contribution in [0, 0.1) is 0 Å². The van der Waals surface area contributed by atoms with Crippen LogP contribution >= 0.6 is 0 Å². The molecule has 1 aromatic rings. The Hall–Kier alpha value is -1.86. The number of ether oxygens (including phenoxy) is 1. The molecule has 1 aliphatic heterocycles. The Bertz CT molecular complexity index is 459. The summed E-state index contributed by atoms with van der Waals surface area (Å²) in [4.78, 5) is 6.47. The smallest absolute Gasteiger partial charge is 0.170 e. The summed E-state index contributed by atoms with van der Waals surface area (Å²) in [5.74, 6) is 0.893. The predicted molar refractivity (Wildman–Crippen MR) is 75.0 cm³/mol. The lowest BCUT2D eigenvalue weighted by atomic mass is 10.1. The van der Waals surface area contributed by atoms with Gasteiger partial charge in [-0.15, -0.1) is 0 Å². The first-order valence-electron chi connectivity index (χ1n) is 6.66. The highest BCUT2D eigenvalue weighted by Crippen LogP contribution is 2.20. The molecule has 2 rings (SSSR count). The molecule has 1 aromatic heterocycles.